The molecular formula is C7H14NY2. The molecule has 53 valence electrons. The SMILES string of the molecule is [CH2-]CN=C[C@H]([CH2-])C.[CH3-].[Y+3].[Y]. The first-order valence-electron chi connectivity index (χ1n) is 2.39. The fourth-order valence-electron chi connectivity index (χ4n) is 0.254. The molecule has 10 heavy (non-hydrogen) atoms. The molecule has 0 rings (SSSR count). The molecule has 0 saturated carbocycles. The van der Waals surface area contributed by atoms with Gasteiger partial charge in [-0.25, -0.2) is 0 Å². The topological polar surface area (TPSA) is 12.4 Å². The van der Waals surface area contributed by atoms with Crippen LogP contribution < -0.4 is 0 Å². The van der Waals surface area contributed by atoms with Gasteiger partial charge >= 0.3 is 32.7 Å². The Hall–Kier alpha value is 1.88. The Morgan fingerprint density at radius 3 is 2.10 bits per heavy atom. The van der Waals surface area contributed by atoms with Crippen LogP contribution in [0, 0.1) is 27.2 Å². The van der Waals surface area contributed by atoms with Gasteiger partial charge in [-0.05, 0) is 6.21 Å². The molecule has 0 amide bonds. The van der Waals surface area contributed by atoms with Crippen molar-refractivity contribution in [1.82, 2.24) is 0 Å². The van der Waals surface area contributed by atoms with E-state index in [0.717, 1.165) is 0 Å². The maximum Gasteiger partial charge on any atom is 3.00 e. The van der Waals surface area contributed by atoms with E-state index in [4.69, 9.17) is 0 Å². The quantitative estimate of drug-likeness (QED) is 0.543. The van der Waals surface area contributed by atoms with Crippen molar-refractivity contribution >= 4 is 6.21 Å². The summed E-state index contributed by atoms with van der Waals surface area (Å²) in [6.45, 7) is 9.84. The van der Waals surface area contributed by atoms with Crippen LogP contribution in [-0.2, 0) is 65.4 Å². The van der Waals surface area contributed by atoms with Crippen LogP contribution in [0.4, 0.5) is 0 Å². The predicted octanol–water partition coefficient (Wildman–Crippen LogP) is 1.81. The van der Waals surface area contributed by atoms with Gasteiger partial charge in [-0.2, -0.15) is 0 Å². The zero-order valence-electron chi connectivity index (χ0n) is 6.88. The first-order valence-corrected chi connectivity index (χ1v) is 2.39. The fraction of sp³-hybridized carbons (Fsp3) is 0.429. The molecule has 0 aliphatic carbocycles. The normalized spacial score (nSPS) is 10.7. The number of aliphatic imine (C=N–C) groups is 1. The van der Waals surface area contributed by atoms with E-state index in [1.165, 1.54) is 0 Å². The summed E-state index contributed by atoms with van der Waals surface area (Å²) in [4.78, 5) is 3.87. The molecule has 0 fully saturated rings. The molecule has 0 aliphatic rings. The summed E-state index contributed by atoms with van der Waals surface area (Å²) in [7, 11) is 0. The second-order valence-corrected chi connectivity index (χ2v) is 1.53. The maximum atomic E-state index is 3.87. The molecule has 0 N–H and O–H groups in total. The van der Waals surface area contributed by atoms with Gasteiger partial charge in [-0.15, -0.1) is 5.92 Å². The van der Waals surface area contributed by atoms with E-state index < -0.39 is 0 Å². The van der Waals surface area contributed by atoms with Gasteiger partial charge in [0.25, 0.3) is 0 Å². The summed E-state index contributed by atoms with van der Waals surface area (Å²) in [5.41, 5.74) is 0. The van der Waals surface area contributed by atoms with E-state index in [1.54, 1.807) is 6.21 Å². The van der Waals surface area contributed by atoms with Crippen LogP contribution in [0.3, 0.4) is 0 Å². The zero-order chi connectivity index (χ0) is 5.70. The minimum Gasteiger partial charge on any atom is -0.358 e. The summed E-state index contributed by atoms with van der Waals surface area (Å²) in [6, 6.07) is 0. The molecule has 0 aromatic rings. The van der Waals surface area contributed by atoms with Crippen molar-refractivity contribution in [1.29, 1.82) is 0 Å². The molecule has 0 saturated heterocycles. The first-order chi connectivity index (χ1) is 3.27. The summed E-state index contributed by atoms with van der Waals surface area (Å²) >= 11 is 0. The van der Waals surface area contributed by atoms with Crippen molar-refractivity contribution in [3.63, 3.8) is 0 Å². The summed E-state index contributed by atoms with van der Waals surface area (Å²) in [5, 5.41) is 0. The smallest absolute Gasteiger partial charge is 0.358 e. The van der Waals surface area contributed by atoms with Crippen LogP contribution in [0.25, 0.3) is 0 Å². The van der Waals surface area contributed by atoms with Crippen LogP contribution >= 0.6 is 0 Å². The summed E-state index contributed by atoms with van der Waals surface area (Å²) in [6.07, 6.45) is 1.80. The Bertz CT molecular complexity index is 62.6. The monoisotopic (exact) mass is 290 g/mol. The van der Waals surface area contributed by atoms with E-state index in [2.05, 4.69) is 18.8 Å². The van der Waals surface area contributed by atoms with Crippen molar-refractivity contribution in [2.24, 2.45) is 10.9 Å². The third kappa shape index (κ3) is 22.5. The van der Waals surface area contributed by atoms with E-state index >= 15 is 0 Å². The average Bonchev–Trinajstić information content (AvgIpc) is 1.61. The van der Waals surface area contributed by atoms with Crippen molar-refractivity contribution in [3.05, 3.63) is 21.3 Å². The van der Waals surface area contributed by atoms with Gasteiger partial charge in [0.1, 0.15) is 0 Å². The Labute approximate surface area is 116 Å². The third-order valence-electron chi connectivity index (χ3n) is 0.489. The van der Waals surface area contributed by atoms with Crippen LogP contribution in [0.1, 0.15) is 6.92 Å². The molecule has 1 atom stereocenters. The maximum absolute atomic E-state index is 3.87. The number of nitrogens with zero attached hydrogens (tertiary/aromatic N) is 1. The molecule has 1 radical (unpaired) electrons. The molecule has 0 aliphatic heterocycles. The van der Waals surface area contributed by atoms with Crippen LogP contribution in [0.5, 0.6) is 0 Å². The molecular weight excluding hydrogens is 276 g/mol. The molecule has 0 bridgehead atoms. The molecule has 3 heteroatoms. The van der Waals surface area contributed by atoms with E-state index in [0.29, 0.717) is 12.5 Å². The van der Waals surface area contributed by atoms with Crippen LogP contribution in [-0.4, -0.2) is 12.8 Å². The Morgan fingerprint density at radius 1 is 1.60 bits per heavy atom. The Balaban J connectivity index is -0.0000000600. The average molecular weight is 290 g/mol. The third-order valence-corrected chi connectivity index (χ3v) is 0.489. The van der Waals surface area contributed by atoms with Gasteiger partial charge in [0.2, 0.25) is 0 Å². The molecule has 0 aromatic carbocycles. The number of hydrogen-bond acceptors (Lipinski definition) is 1. The van der Waals surface area contributed by atoms with E-state index in [-0.39, 0.29) is 72.8 Å². The second-order valence-electron chi connectivity index (χ2n) is 1.53. The number of rotatable bonds is 2. The Morgan fingerprint density at radius 2 is 2.00 bits per heavy atom. The summed E-state index contributed by atoms with van der Waals surface area (Å²) in [5.74, 6) is 0.321. The van der Waals surface area contributed by atoms with Crippen molar-refractivity contribution in [2.75, 3.05) is 6.54 Å². The molecule has 0 spiro atoms. The zero-order valence-corrected chi connectivity index (χ0v) is 12.6. The van der Waals surface area contributed by atoms with Gasteiger partial charge in [0.05, 0.1) is 0 Å². The predicted molar refractivity (Wildman–Crippen MR) is 39.7 cm³/mol. The molecule has 0 aromatic heterocycles. The molecule has 0 unspecified atom stereocenters. The van der Waals surface area contributed by atoms with E-state index in [1.807, 2.05) is 6.92 Å². The van der Waals surface area contributed by atoms with Crippen LogP contribution in [0.15, 0.2) is 4.99 Å². The first kappa shape index (κ1) is 22.6. The minimum absolute atomic E-state index is 0. The van der Waals surface area contributed by atoms with Crippen molar-refractivity contribution in [2.45, 2.75) is 6.92 Å². The molecule has 1 nitrogen and oxygen atoms in total. The molecule has 0 heterocycles. The van der Waals surface area contributed by atoms with Gasteiger partial charge in [0.15, 0.2) is 0 Å². The van der Waals surface area contributed by atoms with Crippen LogP contribution in [0.2, 0.25) is 0 Å². The van der Waals surface area contributed by atoms with E-state index in [9.17, 15) is 0 Å². The second kappa shape index (κ2) is 17.1. The van der Waals surface area contributed by atoms with Gasteiger partial charge < -0.3 is 26.3 Å². The van der Waals surface area contributed by atoms with Crippen molar-refractivity contribution < 1.29 is 65.4 Å². The largest absolute Gasteiger partial charge is 3.00 e. The van der Waals surface area contributed by atoms with Gasteiger partial charge in [-0.1, -0.05) is 13.5 Å². The van der Waals surface area contributed by atoms with Crippen molar-refractivity contribution in [3.8, 4) is 0 Å². The summed E-state index contributed by atoms with van der Waals surface area (Å²) < 4.78 is 0. The number of hydrogen-bond donors (Lipinski definition) is 0. The minimum atomic E-state index is 0. The fourth-order valence-corrected chi connectivity index (χ4v) is 0.254. The standard InChI is InChI=1S/C6H11N.CH3.2Y/c1-4-7-5-6(2)3;;;/h5-6H,1-2,4H2,3H3;1H3;;/q-2;-1;;+3/t6-;;;/m1.../s1. The van der Waals surface area contributed by atoms with Gasteiger partial charge in [0, 0.05) is 32.7 Å². The van der Waals surface area contributed by atoms with Gasteiger partial charge in [-0.3, -0.25) is 0 Å². The Kier molecular flexibility index (Phi) is 38.7.